The van der Waals surface area contributed by atoms with Crippen molar-refractivity contribution in [3.63, 3.8) is 0 Å². The summed E-state index contributed by atoms with van der Waals surface area (Å²) >= 11 is 0. The molecule has 20 nitrogen and oxygen atoms in total. The molecule has 0 bridgehead atoms. The van der Waals surface area contributed by atoms with E-state index in [-0.39, 0.29) is 36.1 Å². The van der Waals surface area contributed by atoms with Crippen LogP contribution in [0.5, 0.6) is 23.0 Å². The van der Waals surface area contributed by atoms with Crippen molar-refractivity contribution in [1.82, 2.24) is 59.4 Å². The molecule has 0 aliphatic carbocycles. The Bertz CT molecular complexity index is 3130. The van der Waals surface area contributed by atoms with Gasteiger partial charge in [0.15, 0.2) is 54.6 Å². The van der Waals surface area contributed by atoms with Crippen molar-refractivity contribution in [1.29, 1.82) is 0 Å². The van der Waals surface area contributed by atoms with Gasteiger partial charge in [-0.15, -0.1) is 20.4 Å². The lowest BCUT2D eigenvalue weighted by Crippen LogP contribution is -2.24. The molecule has 0 aliphatic heterocycles. The number of rotatable bonds is 18. The molecule has 0 spiro atoms. The molecule has 0 amide bonds. The molecule has 8 rings (SSSR count). The predicted molar refractivity (Wildman–Crippen MR) is 260 cm³/mol. The van der Waals surface area contributed by atoms with Crippen LogP contribution in [0.3, 0.4) is 0 Å². The van der Waals surface area contributed by atoms with Gasteiger partial charge in [-0.05, 0) is 87.4 Å². The maximum atomic E-state index is 13.4. The van der Waals surface area contributed by atoms with Crippen molar-refractivity contribution in [2.24, 2.45) is 0 Å². The number of hydrogen-bond donors (Lipinski definition) is 0. The summed E-state index contributed by atoms with van der Waals surface area (Å²) in [5.74, 6) is 1.14. The van der Waals surface area contributed by atoms with Gasteiger partial charge in [-0.3, -0.25) is 19.1 Å². The average Bonchev–Trinajstić information content (AvgIpc) is 3.97. The number of aryl methyl sites for hydroxylation is 2. The molecule has 8 aromatic rings. The molecular formula is C48H50F2N12O8S2. The van der Waals surface area contributed by atoms with E-state index in [9.17, 15) is 25.6 Å². The zero-order valence-electron chi connectivity index (χ0n) is 40.4. The SMILES string of the molecule is COc1cccc(OC)c1-n1c(CS(=O)(=O)[C@@H](C)Cc2ncc(F)cn2)nnc1-c1cc(C)ccn1.COc1cccc(OC)c1-n1c(CS(=O)(=O)[C@H](C)Cc2ncc(F)cn2)nnc1-c1cc(C)ccn1. The monoisotopic (exact) mass is 1020 g/mol. The first-order valence-electron chi connectivity index (χ1n) is 22.0. The van der Waals surface area contributed by atoms with Gasteiger partial charge in [0.25, 0.3) is 0 Å². The van der Waals surface area contributed by atoms with E-state index < -0.39 is 53.3 Å². The smallest absolute Gasteiger partial charge is 0.187 e. The molecule has 376 valence electrons. The van der Waals surface area contributed by atoms with Gasteiger partial charge in [-0.2, -0.15) is 0 Å². The summed E-state index contributed by atoms with van der Waals surface area (Å²) < 4.78 is 105. The third-order valence-corrected chi connectivity index (χ3v) is 15.3. The first-order valence-corrected chi connectivity index (χ1v) is 25.4. The van der Waals surface area contributed by atoms with E-state index in [0.29, 0.717) is 57.4 Å². The number of hydrogen-bond acceptors (Lipinski definition) is 18. The van der Waals surface area contributed by atoms with Gasteiger partial charge in [0.05, 0.1) is 63.7 Å². The molecule has 0 aliphatic rings. The summed E-state index contributed by atoms with van der Waals surface area (Å²) in [5.41, 5.74) is 3.81. The van der Waals surface area contributed by atoms with Gasteiger partial charge in [0.1, 0.15) is 68.9 Å². The Morgan fingerprint density at radius 3 is 1.15 bits per heavy atom. The average molecular weight is 1030 g/mol. The van der Waals surface area contributed by atoms with Gasteiger partial charge in [-0.1, -0.05) is 12.1 Å². The molecular weight excluding hydrogens is 975 g/mol. The minimum absolute atomic E-state index is 0.0149. The van der Waals surface area contributed by atoms with Gasteiger partial charge in [-0.25, -0.2) is 45.6 Å². The van der Waals surface area contributed by atoms with Crippen LogP contribution in [0.15, 0.2) is 97.8 Å². The van der Waals surface area contributed by atoms with Crippen molar-refractivity contribution >= 4 is 19.7 Å². The molecule has 6 aromatic heterocycles. The number of para-hydroxylation sites is 2. The Kier molecular flexibility index (Phi) is 16.2. The second-order valence-corrected chi connectivity index (χ2v) is 21.1. The van der Waals surface area contributed by atoms with Crippen molar-refractivity contribution in [3.05, 3.63) is 144 Å². The van der Waals surface area contributed by atoms with Gasteiger partial charge >= 0.3 is 0 Å². The molecule has 0 fully saturated rings. The second-order valence-electron chi connectivity index (χ2n) is 16.3. The van der Waals surface area contributed by atoms with E-state index in [4.69, 9.17) is 18.9 Å². The van der Waals surface area contributed by atoms with Crippen LogP contribution in [0.2, 0.25) is 0 Å². The summed E-state index contributed by atoms with van der Waals surface area (Å²) in [6.07, 6.45) is 7.35. The molecule has 2 aromatic carbocycles. The zero-order valence-corrected chi connectivity index (χ0v) is 42.1. The molecule has 0 saturated heterocycles. The highest BCUT2D eigenvalue weighted by atomic mass is 32.2. The normalized spacial score (nSPS) is 12.4. The van der Waals surface area contributed by atoms with Crippen LogP contribution in [0.1, 0.15) is 48.3 Å². The summed E-state index contributed by atoms with van der Waals surface area (Å²) in [6.45, 7) is 6.94. The lowest BCUT2D eigenvalue weighted by atomic mass is 10.2. The number of sulfone groups is 2. The fourth-order valence-electron chi connectivity index (χ4n) is 7.34. The maximum Gasteiger partial charge on any atom is 0.187 e. The highest BCUT2D eigenvalue weighted by Gasteiger charge is 2.31. The number of methoxy groups -OCH3 is 4. The first-order chi connectivity index (χ1) is 34.5. The van der Waals surface area contributed by atoms with Crippen LogP contribution in [-0.2, 0) is 44.0 Å². The highest BCUT2D eigenvalue weighted by Crippen LogP contribution is 2.38. The van der Waals surface area contributed by atoms with Crippen LogP contribution in [0.4, 0.5) is 8.78 Å². The zero-order chi connectivity index (χ0) is 51.7. The summed E-state index contributed by atoms with van der Waals surface area (Å²) in [7, 11) is -1.50. The molecule has 0 saturated carbocycles. The molecule has 72 heavy (non-hydrogen) atoms. The van der Waals surface area contributed by atoms with Crippen LogP contribution < -0.4 is 18.9 Å². The number of aromatic nitrogens is 12. The van der Waals surface area contributed by atoms with Crippen molar-refractivity contribution in [2.45, 2.75) is 62.5 Å². The highest BCUT2D eigenvalue weighted by molar-refractivity contribution is 7.91. The molecule has 0 radical (unpaired) electrons. The number of ether oxygens (including phenoxy) is 4. The number of pyridine rings is 2. The quantitative estimate of drug-likeness (QED) is 0.0920. The topological polar surface area (TPSA) is 244 Å². The summed E-state index contributed by atoms with van der Waals surface area (Å²) in [4.78, 5) is 24.3. The number of benzene rings is 2. The van der Waals surface area contributed by atoms with Crippen molar-refractivity contribution in [3.8, 4) is 57.4 Å². The van der Waals surface area contributed by atoms with E-state index >= 15 is 0 Å². The predicted octanol–water partition coefficient (Wildman–Crippen LogP) is 6.26. The molecule has 6 heterocycles. The summed E-state index contributed by atoms with van der Waals surface area (Å²) in [6, 6.07) is 17.8. The Balaban J connectivity index is 0.000000211. The lowest BCUT2D eigenvalue weighted by Gasteiger charge is -2.18. The van der Waals surface area contributed by atoms with Crippen molar-refractivity contribution < 1.29 is 44.6 Å². The molecule has 0 unspecified atom stereocenters. The molecule has 2 atom stereocenters. The van der Waals surface area contributed by atoms with Crippen LogP contribution in [-0.4, -0.2) is 115 Å². The third kappa shape index (κ3) is 11.8. The van der Waals surface area contributed by atoms with E-state index in [1.165, 1.54) is 28.4 Å². The van der Waals surface area contributed by atoms with Crippen LogP contribution in [0, 0.1) is 25.5 Å². The minimum atomic E-state index is -3.77. The first kappa shape index (κ1) is 52.0. The second kappa shape index (κ2) is 22.5. The minimum Gasteiger partial charge on any atom is -0.494 e. The Labute approximate surface area is 414 Å². The lowest BCUT2D eigenvalue weighted by molar-refractivity contribution is 0.390. The molecule has 0 N–H and O–H groups in total. The molecule has 24 heteroatoms. The standard InChI is InChI=1S/2C24H25FN6O4S/c2*1-15-8-9-26-18(10-15)24-30-29-22(31(24)23-19(34-3)6-5-7-20(23)35-4)14-36(32,33)16(2)11-21-27-12-17(25)13-28-21/h2*5-10,12-13,16H,11,14H2,1-4H3/t2*16-/m10/s1. The van der Waals surface area contributed by atoms with E-state index in [2.05, 4.69) is 50.3 Å². The van der Waals surface area contributed by atoms with E-state index in [0.717, 1.165) is 35.9 Å². The number of halogens is 2. The third-order valence-electron chi connectivity index (χ3n) is 11.2. The Hall–Kier alpha value is -7.86. The van der Waals surface area contributed by atoms with Crippen molar-refractivity contribution in [2.75, 3.05) is 28.4 Å². The van der Waals surface area contributed by atoms with Gasteiger partial charge in [0, 0.05) is 25.2 Å². The fourth-order valence-corrected chi connectivity index (χ4v) is 9.81. The maximum absolute atomic E-state index is 13.4. The summed E-state index contributed by atoms with van der Waals surface area (Å²) in [5, 5.41) is 15.3. The fraction of sp³-hybridized carbons (Fsp3) is 0.292. The van der Waals surface area contributed by atoms with Gasteiger partial charge in [0.2, 0.25) is 0 Å². The largest absolute Gasteiger partial charge is 0.494 e. The van der Waals surface area contributed by atoms with Crippen LogP contribution in [0.25, 0.3) is 34.4 Å². The Morgan fingerprint density at radius 2 is 0.847 bits per heavy atom. The Morgan fingerprint density at radius 1 is 0.514 bits per heavy atom. The van der Waals surface area contributed by atoms with E-state index in [1.807, 2.05) is 38.1 Å². The van der Waals surface area contributed by atoms with E-state index in [1.54, 1.807) is 71.8 Å². The van der Waals surface area contributed by atoms with Crippen LogP contribution >= 0.6 is 0 Å². The van der Waals surface area contributed by atoms with Gasteiger partial charge < -0.3 is 18.9 Å². The number of nitrogens with zero attached hydrogens (tertiary/aromatic N) is 12.